The molecule has 0 fully saturated rings. The molecule has 200 valence electrons. The second-order valence-electron chi connectivity index (χ2n) is 8.22. The van der Waals surface area contributed by atoms with Crippen LogP contribution in [-0.4, -0.2) is 55.9 Å². The third-order valence-electron chi connectivity index (χ3n) is 5.35. The summed E-state index contributed by atoms with van der Waals surface area (Å²) in [5, 5.41) is 13.3. The maximum absolute atomic E-state index is 14.8. The molecule has 2 N–H and O–H groups in total. The van der Waals surface area contributed by atoms with E-state index in [1.165, 1.54) is 29.8 Å². The van der Waals surface area contributed by atoms with Gasteiger partial charge in [-0.3, -0.25) is 10.3 Å². The van der Waals surface area contributed by atoms with Crippen LogP contribution in [0.4, 0.5) is 14.9 Å². The van der Waals surface area contributed by atoms with E-state index in [1.54, 1.807) is 32.4 Å². The normalized spacial score (nSPS) is 11.9. The fourth-order valence-corrected chi connectivity index (χ4v) is 4.73. The maximum atomic E-state index is 14.8. The first kappa shape index (κ1) is 26.4. The number of methoxy groups -OCH3 is 1. The van der Waals surface area contributed by atoms with E-state index in [-0.39, 0.29) is 30.6 Å². The van der Waals surface area contributed by atoms with Crippen molar-refractivity contribution >= 4 is 56.0 Å². The predicted molar refractivity (Wildman–Crippen MR) is 143 cm³/mol. The number of rotatable bonds is 8. The molecular weight excluding hydrogens is 551 g/mol. The number of aromatic nitrogens is 5. The number of carbonyl (C=O) groups excluding carboxylic acids is 1. The summed E-state index contributed by atoms with van der Waals surface area (Å²) in [6.07, 6.45) is 2.75. The highest BCUT2D eigenvalue weighted by molar-refractivity contribution is 7.21. The fraction of sp³-hybridized carbons (Fsp3) is 0.200. The number of hydrogen-bond donors (Lipinski definition) is 2. The minimum atomic E-state index is -0.776. The molecule has 4 heterocycles. The number of nitrogens with one attached hydrogen (secondary N) is 1. The summed E-state index contributed by atoms with van der Waals surface area (Å²) in [6.45, 7) is 1.11. The van der Waals surface area contributed by atoms with Gasteiger partial charge in [0.15, 0.2) is 11.6 Å². The van der Waals surface area contributed by atoms with Gasteiger partial charge in [-0.25, -0.2) is 24.1 Å². The highest BCUT2D eigenvalue weighted by Crippen LogP contribution is 2.37. The zero-order valence-corrected chi connectivity index (χ0v) is 22.1. The Morgan fingerprint density at radius 1 is 1.15 bits per heavy atom. The minimum Gasteiger partial charge on any atom is -0.495 e. The van der Waals surface area contributed by atoms with E-state index >= 15 is 0 Å². The molecule has 11 nitrogen and oxygen atoms in total. The summed E-state index contributed by atoms with van der Waals surface area (Å²) in [4.78, 5) is 33.6. The highest BCUT2D eigenvalue weighted by Gasteiger charge is 2.18. The number of aliphatic hydroxyl groups excluding tert-OH is 1. The number of fused-ring (bicyclic) bond motifs is 2. The van der Waals surface area contributed by atoms with Crippen molar-refractivity contribution in [3.63, 3.8) is 0 Å². The Morgan fingerprint density at radius 2 is 1.95 bits per heavy atom. The van der Waals surface area contributed by atoms with E-state index in [2.05, 4.69) is 30.2 Å². The van der Waals surface area contributed by atoms with Crippen LogP contribution in [0, 0.1) is 5.82 Å². The molecule has 39 heavy (non-hydrogen) atoms. The van der Waals surface area contributed by atoms with E-state index < -0.39 is 18.0 Å². The molecule has 0 saturated carbocycles. The average molecular weight is 571 g/mol. The van der Waals surface area contributed by atoms with Crippen molar-refractivity contribution < 1.29 is 28.5 Å². The minimum absolute atomic E-state index is 0.154. The lowest BCUT2D eigenvalue weighted by molar-refractivity contribution is 0.0827. The number of carbonyl (C=O) groups is 1. The van der Waals surface area contributed by atoms with Crippen molar-refractivity contribution in [3.05, 3.63) is 59.5 Å². The molecule has 14 heteroatoms. The molecule has 1 atom stereocenters. The Hall–Kier alpha value is -4.20. The van der Waals surface area contributed by atoms with Crippen LogP contribution in [0.2, 0.25) is 5.02 Å². The van der Waals surface area contributed by atoms with E-state index in [1.807, 2.05) is 6.07 Å². The number of halogens is 2. The van der Waals surface area contributed by atoms with Crippen LogP contribution in [-0.2, 0) is 11.3 Å². The van der Waals surface area contributed by atoms with Crippen LogP contribution in [0.5, 0.6) is 11.6 Å². The molecule has 1 aromatic carbocycles. The van der Waals surface area contributed by atoms with E-state index in [0.717, 1.165) is 5.39 Å². The molecular formula is C25H20ClFN6O5S. The molecule has 0 saturated heterocycles. The van der Waals surface area contributed by atoms with Crippen LogP contribution in [0.25, 0.3) is 31.8 Å². The summed E-state index contributed by atoms with van der Waals surface area (Å²) in [5.74, 6) is -0.156. The second kappa shape index (κ2) is 11.3. The second-order valence-corrected chi connectivity index (χ2v) is 9.63. The lowest BCUT2D eigenvalue weighted by atomic mass is 10.1. The van der Waals surface area contributed by atoms with Crippen LogP contribution < -0.4 is 14.8 Å². The summed E-state index contributed by atoms with van der Waals surface area (Å²) in [6, 6.07) is 6.57. The number of hydrogen-bond acceptors (Lipinski definition) is 11. The molecule has 0 bridgehead atoms. The molecule has 5 rings (SSSR count). The summed E-state index contributed by atoms with van der Waals surface area (Å²) < 4.78 is 30.7. The zero-order chi connectivity index (χ0) is 27.5. The molecule has 4 aromatic heterocycles. The Kier molecular flexibility index (Phi) is 7.63. The van der Waals surface area contributed by atoms with Crippen LogP contribution >= 0.6 is 22.9 Å². The molecule has 0 aliphatic heterocycles. The smallest absolute Gasteiger partial charge is 0.412 e. The average Bonchev–Trinajstić information content (AvgIpc) is 3.33. The SMILES string of the molecule is COc1cnc2c(-c3nc4cc(F)c(OC[C@@H](C)OC(=O)Nc5cnc(CO)nc5)nc4s3)cc(Cl)cc2c1. The van der Waals surface area contributed by atoms with Crippen LogP contribution in [0.15, 0.2) is 42.9 Å². The lowest BCUT2D eigenvalue weighted by Crippen LogP contribution is -2.25. The van der Waals surface area contributed by atoms with Crippen molar-refractivity contribution in [2.24, 2.45) is 0 Å². The quantitative estimate of drug-likeness (QED) is 0.261. The van der Waals surface area contributed by atoms with Crippen molar-refractivity contribution in [2.75, 3.05) is 19.0 Å². The molecule has 0 radical (unpaired) electrons. The largest absolute Gasteiger partial charge is 0.495 e. The number of pyridine rings is 2. The Labute approximate surface area is 229 Å². The topological polar surface area (TPSA) is 141 Å². The van der Waals surface area contributed by atoms with E-state index in [9.17, 15) is 9.18 Å². The number of benzene rings is 1. The van der Waals surface area contributed by atoms with Gasteiger partial charge < -0.3 is 19.3 Å². The first-order valence-electron chi connectivity index (χ1n) is 11.5. The Balaban J connectivity index is 1.29. The number of ether oxygens (including phenoxy) is 3. The molecule has 0 aliphatic rings. The van der Waals surface area contributed by atoms with Gasteiger partial charge >= 0.3 is 6.09 Å². The lowest BCUT2D eigenvalue weighted by Gasteiger charge is -2.14. The van der Waals surface area contributed by atoms with Gasteiger partial charge in [0.1, 0.15) is 40.4 Å². The van der Waals surface area contributed by atoms with Gasteiger partial charge in [0, 0.05) is 22.0 Å². The highest BCUT2D eigenvalue weighted by atomic mass is 35.5. The van der Waals surface area contributed by atoms with Crippen LogP contribution in [0.1, 0.15) is 12.7 Å². The van der Waals surface area contributed by atoms with Gasteiger partial charge in [0.05, 0.1) is 36.9 Å². The van der Waals surface area contributed by atoms with Gasteiger partial charge in [-0.05, 0) is 25.1 Å². The Morgan fingerprint density at radius 3 is 2.69 bits per heavy atom. The van der Waals surface area contributed by atoms with Crippen molar-refractivity contribution in [1.29, 1.82) is 0 Å². The first-order valence-corrected chi connectivity index (χ1v) is 12.7. The molecule has 0 spiro atoms. The van der Waals surface area contributed by atoms with Crippen molar-refractivity contribution in [3.8, 4) is 22.2 Å². The number of amides is 1. The zero-order valence-electron chi connectivity index (χ0n) is 20.5. The van der Waals surface area contributed by atoms with E-state index in [4.69, 9.17) is 30.9 Å². The monoisotopic (exact) mass is 570 g/mol. The summed E-state index contributed by atoms with van der Waals surface area (Å²) in [7, 11) is 1.55. The number of nitrogens with zero attached hydrogens (tertiary/aromatic N) is 5. The van der Waals surface area contributed by atoms with Gasteiger partial charge in [-0.15, -0.1) is 0 Å². The summed E-state index contributed by atoms with van der Waals surface area (Å²) >= 11 is 7.57. The van der Waals surface area contributed by atoms with Crippen molar-refractivity contribution in [2.45, 2.75) is 19.6 Å². The summed E-state index contributed by atoms with van der Waals surface area (Å²) in [5.41, 5.74) is 1.97. The third kappa shape index (κ3) is 5.95. The van der Waals surface area contributed by atoms with E-state index in [0.29, 0.717) is 37.2 Å². The third-order valence-corrected chi connectivity index (χ3v) is 6.57. The van der Waals surface area contributed by atoms with Gasteiger partial charge in [0.25, 0.3) is 5.88 Å². The number of aliphatic hydroxyl groups is 1. The Bertz CT molecular complexity index is 1670. The molecule has 1 amide bonds. The van der Waals surface area contributed by atoms with Crippen molar-refractivity contribution in [1.82, 2.24) is 24.9 Å². The number of anilines is 1. The standard InChI is InChI=1S/C25H20ClFN6O5S/c1-12(38-25(35)31-15-7-28-20(10-34)29-8-15)11-37-22-18(27)6-19-24(33-22)39-23(32-19)17-5-14(26)3-13-4-16(36-2)9-30-21(13)17/h3-9,12,34H,10-11H2,1-2H3,(H,31,35)/t12-/m1/s1. The first-order chi connectivity index (χ1) is 18.8. The maximum Gasteiger partial charge on any atom is 0.412 e. The fourth-order valence-electron chi connectivity index (χ4n) is 3.57. The van der Waals surface area contributed by atoms with Gasteiger partial charge in [0.2, 0.25) is 0 Å². The van der Waals surface area contributed by atoms with Gasteiger partial charge in [-0.1, -0.05) is 22.9 Å². The van der Waals surface area contributed by atoms with Crippen LogP contribution in [0.3, 0.4) is 0 Å². The number of thiazole rings is 1. The molecule has 5 aromatic rings. The molecule has 0 aliphatic carbocycles. The van der Waals surface area contributed by atoms with Gasteiger partial charge in [-0.2, -0.15) is 4.98 Å². The molecule has 0 unspecified atom stereocenters. The predicted octanol–water partition coefficient (Wildman–Crippen LogP) is 5.01.